The van der Waals surface area contributed by atoms with Crippen LogP contribution in [0, 0.1) is 5.41 Å². The summed E-state index contributed by atoms with van der Waals surface area (Å²) >= 11 is 0. The van der Waals surface area contributed by atoms with Gasteiger partial charge in [0.25, 0.3) is 0 Å². The molecule has 0 radical (unpaired) electrons. The molecule has 8 heteroatoms. The van der Waals surface area contributed by atoms with Gasteiger partial charge in [0.15, 0.2) is 0 Å². The molecule has 1 aliphatic carbocycles. The van der Waals surface area contributed by atoms with Crippen molar-refractivity contribution in [2.24, 2.45) is 5.41 Å². The van der Waals surface area contributed by atoms with Crippen LogP contribution in [0.5, 0.6) is 0 Å². The number of hydrogen-bond acceptors (Lipinski definition) is 6. The van der Waals surface area contributed by atoms with E-state index in [-0.39, 0.29) is 11.5 Å². The van der Waals surface area contributed by atoms with Crippen LogP contribution in [0.1, 0.15) is 36.5 Å². The molecule has 2 aliphatic rings. The van der Waals surface area contributed by atoms with Crippen molar-refractivity contribution in [3.8, 4) is 0 Å². The molecule has 2 N–H and O–H groups in total. The molecule has 124 valence electrons. The molecule has 1 saturated heterocycles. The van der Waals surface area contributed by atoms with Crippen LogP contribution in [-0.2, 0) is 4.74 Å². The first-order valence-corrected chi connectivity index (χ1v) is 7.75. The van der Waals surface area contributed by atoms with E-state index in [0.717, 1.165) is 19.3 Å². The van der Waals surface area contributed by atoms with Gasteiger partial charge in [0.1, 0.15) is 0 Å². The quantitative estimate of drug-likeness (QED) is 0.812. The van der Waals surface area contributed by atoms with Crippen LogP contribution in [0.4, 0.5) is 10.7 Å². The molecule has 0 atom stereocenters. The molecule has 2 heterocycles. The van der Waals surface area contributed by atoms with Crippen molar-refractivity contribution < 1.29 is 19.4 Å². The molecule has 0 aromatic carbocycles. The van der Waals surface area contributed by atoms with Crippen molar-refractivity contribution in [1.82, 2.24) is 14.9 Å². The highest BCUT2D eigenvalue weighted by Gasteiger charge is 2.49. The summed E-state index contributed by atoms with van der Waals surface area (Å²) in [5, 5.41) is 12.3. The third-order valence-corrected chi connectivity index (χ3v) is 4.56. The number of ether oxygens (including phenoxy) is 1. The number of carbonyl (C=O) groups excluding carboxylic acids is 1. The van der Waals surface area contributed by atoms with Crippen molar-refractivity contribution in [1.29, 1.82) is 0 Å². The van der Waals surface area contributed by atoms with Gasteiger partial charge in [0, 0.05) is 31.5 Å². The van der Waals surface area contributed by atoms with E-state index in [1.54, 1.807) is 6.92 Å². The molecule has 1 spiro atoms. The molecular weight excluding hydrogens is 300 g/mol. The second-order valence-corrected chi connectivity index (χ2v) is 6.22. The topological polar surface area (TPSA) is 105 Å². The van der Waals surface area contributed by atoms with Crippen LogP contribution >= 0.6 is 0 Å². The predicted octanol–water partition coefficient (Wildman–Crippen LogP) is 1.60. The summed E-state index contributed by atoms with van der Waals surface area (Å²) in [6.45, 7) is 3.29. The van der Waals surface area contributed by atoms with Gasteiger partial charge in [0.2, 0.25) is 5.95 Å². The molecule has 1 aromatic heterocycles. The highest BCUT2D eigenvalue weighted by Crippen LogP contribution is 2.48. The van der Waals surface area contributed by atoms with E-state index in [1.165, 1.54) is 17.3 Å². The summed E-state index contributed by atoms with van der Waals surface area (Å²) in [6.07, 6.45) is 4.81. The van der Waals surface area contributed by atoms with Crippen molar-refractivity contribution >= 4 is 18.0 Å². The van der Waals surface area contributed by atoms with E-state index in [1.807, 2.05) is 0 Å². The van der Waals surface area contributed by atoms with Gasteiger partial charge in [-0.05, 0) is 31.6 Å². The van der Waals surface area contributed by atoms with Gasteiger partial charge in [-0.25, -0.2) is 19.6 Å². The molecule has 1 aromatic rings. The number of esters is 1. The van der Waals surface area contributed by atoms with Crippen LogP contribution in [0.25, 0.3) is 0 Å². The molecule has 0 bridgehead atoms. The van der Waals surface area contributed by atoms with Gasteiger partial charge < -0.3 is 20.1 Å². The second-order valence-electron chi connectivity index (χ2n) is 6.22. The normalized spacial score (nSPS) is 26.0. The van der Waals surface area contributed by atoms with Crippen molar-refractivity contribution in [3.05, 3.63) is 18.0 Å². The highest BCUT2D eigenvalue weighted by atomic mass is 16.5. The Morgan fingerprint density at radius 3 is 2.70 bits per heavy atom. The number of likely N-dealkylation sites (tertiary alicyclic amines) is 1. The molecule has 0 unspecified atom stereocenters. The highest BCUT2D eigenvalue weighted by molar-refractivity contribution is 5.88. The Kier molecular flexibility index (Phi) is 4.06. The molecule has 1 aliphatic heterocycles. The largest absolute Gasteiger partial charge is 0.465 e. The van der Waals surface area contributed by atoms with Gasteiger partial charge in [-0.2, -0.15) is 0 Å². The Labute approximate surface area is 133 Å². The number of anilines is 1. The van der Waals surface area contributed by atoms with E-state index in [2.05, 4.69) is 15.3 Å². The Morgan fingerprint density at radius 2 is 2.13 bits per heavy atom. The number of nitrogens with zero attached hydrogens (tertiary/aromatic N) is 3. The molecular formula is C15H20N4O4. The summed E-state index contributed by atoms with van der Waals surface area (Å²) in [7, 11) is 0. The second kappa shape index (κ2) is 6.02. The Morgan fingerprint density at radius 1 is 1.43 bits per heavy atom. The van der Waals surface area contributed by atoms with Crippen LogP contribution in [0.3, 0.4) is 0 Å². The van der Waals surface area contributed by atoms with Crippen molar-refractivity contribution in [2.45, 2.75) is 32.2 Å². The lowest BCUT2D eigenvalue weighted by molar-refractivity contribution is 0.0525. The predicted molar refractivity (Wildman–Crippen MR) is 81.3 cm³/mol. The van der Waals surface area contributed by atoms with Gasteiger partial charge in [0.05, 0.1) is 12.2 Å². The Hall–Kier alpha value is -2.38. The molecule has 2 fully saturated rings. The number of rotatable bonds is 4. The van der Waals surface area contributed by atoms with Crippen LogP contribution in [0.15, 0.2) is 12.4 Å². The maximum absolute atomic E-state index is 11.5. The third kappa shape index (κ3) is 3.20. The van der Waals surface area contributed by atoms with Gasteiger partial charge in [-0.3, -0.25) is 0 Å². The summed E-state index contributed by atoms with van der Waals surface area (Å²) in [6, 6.07) is 0.247. The number of nitrogens with one attached hydrogen (secondary N) is 1. The van der Waals surface area contributed by atoms with E-state index in [4.69, 9.17) is 9.84 Å². The first kappa shape index (κ1) is 15.5. The molecule has 23 heavy (non-hydrogen) atoms. The Bertz CT molecular complexity index is 598. The number of aromatic nitrogens is 2. The number of hydrogen-bond donors (Lipinski definition) is 2. The molecule has 3 rings (SSSR count). The van der Waals surface area contributed by atoms with Gasteiger partial charge in [-0.1, -0.05) is 0 Å². The summed E-state index contributed by atoms with van der Waals surface area (Å²) in [5.74, 6) is 0.0485. The van der Waals surface area contributed by atoms with Crippen molar-refractivity contribution in [2.75, 3.05) is 25.0 Å². The first-order valence-electron chi connectivity index (χ1n) is 7.75. The molecule has 8 nitrogen and oxygen atoms in total. The lowest BCUT2D eigenvalue weighted by atomic mass is 9.65. The van der Waals surface area contributed by atoms with Crippen LogP contribution in [-0.4, -0.2) is 57.8 Å². The van der Waals surface area contributed by atoms with E-state index in [0.29, 0.717) is 31.2 Å². The maximum atomic E-state index is 11.5. The van der Waals surface area contributed by atoms with Crippen molar-refractivity contribution in [3.63, 3.8) is 0 Å². The lowest BCUT2D eigenvalue weighted by Gasteiger charge is -2.45. The fourth-order valence-electron chi connectivity index (χ4n) is 3.42. The van der Waals surface area contributed by atoms with E-state index in [9.17, 15) is 9.59 Å². The maximum Gasteiger partial charge on any atom is 0.407 e. The minimum absolute atomic E-state index is 0.112. The van der Waals surface area contributed by atoms with Crippen LogP contribution < -0.4 is 5.32 Å². The summed E-state index contributed by atoms with van der Waals surface area (Å²) in [5.41, 5.74) is 0.441. The standard InChI is InChI=1S/C15H20N4O4/c1-2-23-12(20)10-7-16-13(17-8-10)18-11-5-15(6-11)3-4-19(9-15)14(21)22/h7-8,11H,2-6,9H2,1H3,(H,21,22)(H,16,17,18). The minimum atomic E-state index is -0.837. The number of carbonyl (C=O) groups is 2. The fourth-order valence-corrected chi connectivity index (χ4v) is 3.42. The van der Waals surface area contributed by atoms with Gasteiger partial charge in [-0.15, -0.1) is 0 Å². The van der Waals surface area contributed by atoms with Crippen LogP contribution in [0.2, 0.25) is 0 Å². The number of amides is 1. The number of carboxylic acid groups (broad SMARTS) is 1. The summed E-state index contributed by atoms with van der Waals surface area (Å²) < 4.78 is 4.88. The monoisotopic (exact) mass is 320 g/mol. The SMILES string of the molecule is CCOC(=O)c1cnc(NC2CC3(CCN(C(=O)O)C3)C2)nc1. The lowest BCUT2D eigenvalue weighted by Crippen LogP contribution is -2.47. The van der Waals surface area contributed by atoms with E-state index < -0.39 is 12.1 Å². The minimum Gasteiger partial charge on any atom is -0.465 e. The fraction of sp³-hybridized carbons (Fsp3) is 0.600. The average molecular weight is 320 g/mol. The average Bonchev–Trinajstić information content (AvgIpc) is 2.93. The first-order chi connectivity index (χ1) is 11.0. The summed E-state index contributed by atoms with van der Waals surface area (Å²) in [4.78, 5) is 32.3. The Balaban J connectivity index is 1.50. The molecule has 1 saturated carbocycles. The zero-order chi connectivity index (χ0) is 16.4. The zero-order valence-electron chi connectivity index (χ0n) is 13.0. The third-order valence-electron chi connectivity index (χ3n) is 4.56. The smallest absolute Gasteiger partial charge is 0.407 e. The van der Waals surface area contributed by atoms with Gasteiger partial charge >= 0.3 is 12.1 Å². The molecule has 1 amide bonds. The zero-order valence-corrected chi connectivity index (χ0v) is 13.0. The van der Waals surface area contributed by atoms with E-state index >= 15 is 0 Å².